The van der Waals surface area contributed by atoms with Gasteiger partial charge in [-0.05, 0) is 47.4 Å². The first-order chi connectivity index (χ1) is 10.6. The van der Waals surface area contributed by atoms with E-state index in [-0.39, 0.29) is 5.91 Å². The summed E-state index contributed by atoms with van der Waals surface area (Å²) in [7, 11) is 0. The number of primary amides is 1. The first kappa shape index (κ1) is 14.8. The van der Waals surface area contributed by atoms with Gasteiger partial charge >= 0.3 is 0 Å². The molecule has 0 heterocycles. The van der Waals surface area contributed by atoms with Crippen molar-refractivity contribution in [1.82, 2.24) is 0 Å². The number of benzene rings is 2. The molecule has 0 saturated carbocycles. The fourth-order valence-corrected chi connectivity index (χ4v) is 3.68. The number of hydrogen-bond acceptors (Lipinski definition) is 1. The number of hydrogen-bond donors (Lipinski definition) is 1. The number of carbonyl (C=O) groups excluding carboxylic acids is 1. The lowest BCUT2D eigenvalue weighted by Crippen LogP contribution is -2.44. The van der Waals surface area contributed by atoms with Gasteiger partial charge in [-0.15, -0.1) is 0 Å². The van der Waals surface area contributed by atoms with E-state index in [1.807, 2.05) is 12.1 Å². The van der Waals surface area contributed by atoms with Gasteiger partial charge in [0.15, 0.2) is 0 Å². The molecule has 0 saturated heterocycles. The summed E-state index contributed by atoms with van der Waals surface area (Å²) in [5.41, 5.74) is 9.88. The molecule has 1 aliphatic carbocycles. The normalized spacial score (nSPS) is 20.7. The van der Waals surface area contributed by atoms with Crippen LogP contribution in [0.4, 0.5) is 0 Å². The maximum Gasteiger partial charge on any atom is 0.232 e. The summed E-state index contributed by atoms with van der Waals surface area (Å²) in [5.74, 6) is 0.245. The molecule has 0 radical (unpaired) electrons. The van der Waals surface area contributed by atoms with Crippen molar-refractivity contribution < 1.29 is 4.79 Å². The fraction of sp³-hybridized carbons (Fsp3) is 0.350. The lowest BCUT2D eigenvalue weighted by atomic mass is 9.65. The van der Waals surface area contributed by atoms with Gasteiger partial charge in [0.05, 0.1) is 5.41 Å². The van der Waals surface area contributed by atoms with Gasteiger partial charge in [-0.3, -0.25) is 4.79 Å². The Hall–Kier alpha value is -2.09. The molecule has 2 aromatic carbocycles. The fourth-order valence-electron chi connectivity index (χ4n) is 3.68. The molecule has 1 unspecified atom stereocenters. The molecule has 0 spiro atoms. The van der Waals surface area contributed by atoms with E-state index in [0.29, 0.717) is 5.92 Å². The average Bonchev–Trinajstić information content (AvgIpc) is 2.54. The van der Waals surface area contributed by atoms with Crippen molar-refractivity contribution in [2.45, 2.75) is 44.4 Å². The molecule has 1 aliphatic rings. The number of carbonyl (C=O) groups is 1. The van der Waals surface area contributed by atoms with Crippen molar-refractivity contribution in [2.75, 3.05) is 0 Å². The number of aryl methyl sites for hydroxylation is 1. The highest BCUT2D eigenvalue weighted by molar-refractivity contribution is 5.91. The highest BCUT2D eigenvalue weighted by Gasteiger charge is 2.43. The Morgan fingerprint density at radius 3 is 2.41 bits per heavy atom. The summed E-state index contributed by atoms with van der Waals surface area (Å²) in [6, 6.07) is 16.7. The second kappa shape index (κ2) is 5.60. The Balaban J connectivity index is 2.17. The van der Waals surface area contributed by atoms with Crippen LogP contribution in [0.25, 0.3) is 0 Å². The molecule has 2 nitrogen and oxygen atoms in total. The van der Waals surface area contributed by atoms with Crippen molar-refractivity contribution in [3.63, 3.8) is 0 Å². The maximum absolute atomic E-state index is 12.5. The van der Waals surface area contributed by atoms with Crippen LogP contribution < -0.4 is 5.73 Å². The maximum atomic E-state index is 12.5. The van der Waals surface area contributed by atoms with Gasteiger partial charge in [-0.2, -0.15) is 0 Å². The summed E-state index contributed by atoms with van der Waals surface area (Å²) in [6.45, 7) is 4.35. The van der Waals surface area contributed by atoms with E-state index < -0.39 is 5.41 Å². The Bertz CT molecular complexity index is 687. The van der Waals surface area contributed by atoms with Crippen LogP contribution in [-0.2, 0) is 16.6 Å². The van der Waals surface area contributed by atoms with Crippen LogP contribution in [0.15, 0.2) is 48.5 Å². The third-order valence-electron chi connectivity index (χ3n) is 4.97. The summed E-state index contributed by atoms with van der Waals surface area (Å²) < 4.78 is 0. The minimum Gasteiger partial charge on any atom is -0.369 e. The average molecular weight is 293 g/mol. The Morgan fingerprint density at radius 2 is 1.77 bits per heavy atom. The van der Waals surface area contributed by atoms with Gasteiger partial charge in [0.2, 0.25) is 5.91 Å². The smallest absolute Gasteiger partial charge is 0.232 e. The van der Waals surface area contributed by atoms with Crippen LogP contribution in [-0.4, -0.2) is 5.91 Å². The molecular weight excluding hydrogens is 270 g/mol. The number of rotatable bonds is 3. The molecule has 2 N–H and O–H groups in total. The molecule has 22 heavy (non-hydrogen) atoms. The first-order valence-corrected chi connectivity index (χ1v) is 8.04. The second-order valence-electron chi connectivity index (χ2n) is 6.56. The number of amides is 1. The standard InChI is InChI=1S/C20H23NO/c1-14(2)15-9-11-17(12-10-15)20(19(21)22)13-5-7-16-6-3-4-8-18(16)20/h3-4,6,8-12,14H,5,7,13H2,1-2H3,(H2,21,22). The van der Waals surface area contributed by atoms with Gasteiger partial charge in [-0.25, -0.2) is 0 Å². The minimum absolute atomic E-state index is 0.239. The quantitative estimate of drug-likeness (QED) is 0.916. The molecule has 3 rings (SSSR count). The van der Waals surface area contributed by atoms with E-state index in [1.165, 1.54) is 11.1 Å². The largest absolute Gasteiger partial charge is 0.369 e. The molecule has 2 heteroatoms. The monoisotopic (exact) mass is 293 g/mol. The number of nitrogens with two attached hydrogens (primary N) is 1. The van der Waals surface area contributed by atoms with Crippen LogP contribution in [0.1, 0.15) is 54.9 Å². The highest BCUT2D eigenvalue weighted by Crippen LogP contribution is 2.42. The first-order valence-electron chi connectivity index (χ1n) is 8.04. The van der Waals surface area contributed by atoms with Gasteiger partial charge in [-0.1, -0.05) is 62.4 Å². The van der Waals surface area contributed by atoms with Crippen molar-refractivity contribution in [3.05, 3.63) is 70.8 Å². The lowest BCUT2D eigenvalue weighted by molar-refractivity contribution is -0.122. The molecular formula is C20H23NO. The molecule has 0 aliphatic heterocycles. The Labute approximate surface area is 132 Å². The summed E-state index contributed by atoms with van der Waals surface area (Å²) in [6.07, 6.45) is 2.81. The molecule has 0 bridgehead atoms. The molecule has 0 aromatic heterocycles. The minimum atomic E-state index is -0.676. The molecule has 0 fully saturated rings. The molecule has 114 valence electrons. The predicted molar refractivity (Wildman–Crippen MR) is 89.9 cm³/mol. The van der Waals surface area contributed by atoms with Crippen LogP contribution >= 0.6 is 0 Å². The Morgan fingerprint density at radius 1 is 1.09 bits per heavy atom. The third kappa shape index (κ3) is 2.23. The predicted octanol–water partition coefficient (Wildman–Crippen LogP) is 3.92. The SMILES string of the molecule is CC(C)c1ccc(C2(C(N)=O)CCCc3ccccc32)cc1. The lowest BCUT2D eigenvalue weighted by Gasteiger charge is -2.37. The zero-order valence-corrected chi connectivity index (χ0v) is 13.3. The van der Waals surface area contributed by atoms with Gasteiger partial charge in [0, 0.05) is 0 Å². The van der Waals surface area contributed by atoms with Crippen LogP contribution in [0, 0.1) is 0 Å². The molecule has 1 atom stereocenters. The summed E-state index contributed by atoms with van der Waals surface area (Å²) in [5, 5.41) is 0. The second-order valence-corrected chi connectivity index (χ2v) is 6.56. The summed E-state index contributed by atoms with van der Waals surface area (Å²) in [4.78, 5) is 12.5. The molecule has 2 aromatic rings. The van der Waals surface area contributed by atoms with Gasteiger partial charge in [0.25, 0.3) is 0 Å². The van der Waals surface area contributed by atoms with E-state index in [0.717, 1.165) is 30.4 Å². The Kier molecular flexibility index (Phi) is 3.78. The van der Waals surface area contributed by atoms with E-state index in [1.54, 1.807) is 0 Å². The zero-order valence-electron chi connectivity index (χ0n) is 13.3. The van der Waals surface area contributed by atoms with Crippen molar-refractivity contribution >= 4 is 5.91 Å². The van der Waals surface area contributed by atoms with E-state index >= 15 is 0 Å². The molecule has 1 amide bonds. The van der Waals surface area contributed by atoms with Crippen molar-refractivity contribution in [2.24, 2.45) is 5.73 Å². The van der Waals surface area contributed by atoms with E-state index in [2.05, 4.69) is 50.2 Å². The van der Waals surface area contributed by atoms with Crippen LogP contribution in [0.3, 0.4) is 0 Å². The van der Waals surface area contributed by atoms with E-state index in [4.69, 9.17) is 5.73 Å². The van der Waals surface area contributed by atoms with Gasteiger partial charge < -0.3 is 5.73 Å². The van der Waals surface area contributed by atoms with Crippen molar-refractivity contribution in [3.8, 4) is 0 Å². The third-order valence-corrected chi connectivity index (χ3v) is 4.97. The number of fused-ring (bicyclic) bond motifs is 1. The van der Waals surface area contributed by atoms with Crippen LogP contribution in [0.2, 0.25) is 0 Å². The van der Waals surface area contributed by atoms with E-state index in [9.17, 15) is 4.79 Å². The van der Waals surface area contributed by atoms with Crippen molar-refractivity contribution in [1.29, 1.82) is 0 Å². The van der Waals surface area contributed by atoms with Crippen LogP contribution in [0.5, 0.6) is 0 Å². The van der Waals surface area contributed by atoms with Gasteiger partial charge in [0.1, 0.15) is 0 Å². The summed E-state index contributed by atoms with van der Waals surface area (Å²) >= 11 is 0. The topological polar surface area (TPSA) is 43.1 Å². The highest BCUT2D eigenvalue weighted by atomic mass is 16.1. The zero-order chi connectivity index (χ0) is 15.7.